The molecule has 5 rings (SSSR count). The molecule has 0 fully saturated rings. The van der Waals surface area contributed by atoms with Crippen molar-refractivity contribution < 1.29 is 0 Å². The highest BCUT2D eigenvalue weighted by Gasteiger charge is 2.30. The lowest BCUT2D eigenvalue weighted by atomic mass is 10.2. The highest BCUT2D eigenvalue weighted by molar-refractivity contribution is 7.14. The maximum Gasteiger partial charge on any atom is 0.205 e. The largest absolute Gasteiger partial charge is 0.294 e. The molecule has 1 unspecified atom stereocenters. The first-order valence-electron chi connectivity index (χ1n) is 8.62. The first-order chi connectivity index (χ1) is 13.4. The zero-order valence-electron chi connectivity index (χ0n) is 14.3. The molecule has 1 N–H and O–H groups in total. The van der Waals surface area contributed by atoms with Crippen molar-refractivity contribution in [3.05, 3.63) is 94.3 Å². The molecule has 1 atom stereocenters. The lowest BCUT2D eigenvalue weighted by Gasteiger charge is -2.23. The number of anilines is 1. The summed E-state index contributed by atoms with van der Waals surface area (Å²) in [4.78, 5) is 10.6. The van der Waals surface area contributed by atoms with Crippen molar-refractivity contribution in [1.82, 2.24) is 15.4 Å². The molecule has 0 radical (unpaired) electrons. The van der Waals surface area contributed by atoms with E-state index < -0.39 is 0 Å². The number of benzene rings is 1. The number of thiophene rings is 1. The van der Waals surface area contributed by atoms with Crippen LogP contribution in [0.4, 0.5) is 5.13 Å². The molecule has 1 aromatic carbocycles. The van der Waals surface area contributed by atoms with Crippen LogP contribution in [-0.4, -0.2) is 9.97 Å². The Kier molecular flexibility index (Phi) is 4.20. The van der Waals surface area contributed by atoms with E-state index >= 15 is 0 Å². The number of rotatable bonds is 4. The van der Waals surface area contributed by atoms with Gasteiger partial charge in [-0.1, -0.05) is 42.5 Å². The molecule has 0 bridgehead atoms. The molecule has 27 heavy (non-hydrogen) atoms. The summed E-state index contributed by atoms with van der Waals surface area (Å²) in [7, 11) is 0. The van der Waals surface area contributed by atoms with Crippen LogP contribution in [0.3, 0.4) is 0 Å². The van der Waals surface area contributed by atoms with Gasteiger partial charge in [0.25, 0.3) is 0 Å². The molecule has 0 saturated carbocycles. The van der Waals surface area contributed by atoms with Crippen molar-refractivity contribution in [1.29, 1.82) is 0 Å². The smallest absolute Gasteiger partial charge is 0.205 e. The molecule has 4 nitrogen and oxygen atoms in total. The van der Waals surface area contributed by atoms with Crippen LogP contribution in [0.5, 0.6) is 0 Å². The fourth-order valence-corrected chi connectivity index (χ4v) is 4.70. The Labute approximate surface area is 165 Å². The van der Waals surface area contributed by atoms with Gasteiger partial charge < -0.3 is 0 Å². The molecule has 4 heterocycles. The Hall–Kier alpha value is -2.96. The van der Waals surface area contributed by atoms with Crippen molar-refractivity contribution in [3.63, 3.8) is 0 Å². The van der Waals surface area contributed by atoms with Crippen molar-refractivity contribution >= 4 is 33.5 Å². The molecule has 1 aliphatic heterocycles. The van der Waals surface area contributed by atoms with Crippen LogP contribution in [-0.2, 0) is 0 Å². The molecule has 0 saturated heterocycles. The van der Waals surface area contributed by atoms with Gasteiger partial charge in [0.15, 0.2) is 0 Å². The number of thiazole rings is 1. The van der Waals surface area contributed by atoms with Gasteiger partial charge in [0, 0.05) is 22.0 Å². The third-order valence-electron chi connectivity index (χ3n) is 4.39. The van der Waals surface area contributed by atoms with E-state index in [9.17, 15) is 0 Å². The summed E-state index contributed by atoms with van der Waals surface area (Å²) < 4.78 is 0. The summed E-state index contributed by atoms with van der Waals surface area (Å²) in [5.74, 6) is 0. The summed E-state index contributed by atoms with van der Waals surface area (Å²) in [5, 5.41) is 7.29. The third kappa shape index (κ3) is 3.13. The average molecular weight is 389 g/mol. The SMILES string of the molecule is C1=C(c2ccccn2)NN(c2nc(-c3ccccc3)cs2)C1c1cccs1. The summed E-state index contributed by atoms with van der Waals surface area (Å²) in [6, 6.07) is 20.6. The van der Waals surface area contributed by atoms with Gasteiger partial charge in [-0.15, -0.1) is 22.7 Å². The van der Waals surface area contributed by atoms with Gasteiger partial charge in [-0.25, -0.2) is 9.99 Å². The van der Waals surface area contributed by atoms with Gasteiger partial charge in [-0.05, 0) is 29.7 Å². The van der Waals surface area contributed by atoms with Crippen LogP contribution in [0.2, 0.25) is 0 Å². The fourth-order valence-electron chi connectivity index (χ4n) is 3.09. The molecule has 0 amide bonds. The van der Waals surface area contributed by atoms with E-state index in [0.29, 0.717) is 0 Å². The lowest BCUT2D eigenvalue weighted by Crippen LogP contribution is -2.33. The molecule has 1 aliphatic rings. The quantitative estimate of drug-likeness (QED) is 0.510. The van der Waals surface area contributed by atoms with Crippen LogP contribution < -0.4 is 10.4 Å². The number of hydrogen-bond acceptors (Lipinski definition) is 6. The van der Waals surface area contributed by atoms with Crippen LogP contribution in [0.25, 0.3) is 17.0 Å². The number of aromatic nitrogens is 2. The second-order valence-corrected chi connectivity index (χ2v) is 7.93. The number of nitrogens with one attached hydrogen (secondary N) is 1. The Morgan fingerprint density at radius 2 is 1.78 bits per heavy atom. The maximum absolute atomic E-state index is 4.88. The van der Waals surface area contributed by atoms with Gasteiger partial charge in [0.1, 0.15) is 6.04 Å². The van der Waals surface area contributed by atoms with Crippen molar-refractivity contribution in [2.75, 3.05) is 5.01 Å². The summed E-state index contributed by atoms with van der Waals surface area (Å²) in [5.41, 5.74) is 7.57. The van der Waals surface area contributed by atoms with E-state index in [0.717, 1.165) is 27.8 Å². The van der Waals surface area contributed by atoms with Gasteiger partial charge in [0.2, 0.25) is 5.13 Å². The normalized spacial score (nSPS) is 16.2. The Morgan fingerprint density at radius 3 is 2.56 bits per heavy atom. The zero-order chi connectivity index (χ0) is 18.1. The predicted molar refractivity (Wildman–Crippen MR) is 112 cm³/mol. The molecule has 6 heteroatoms. The Morgan fingerprint density at radius 1 is 0.889 bits per heavy atom. The summed E-state index contributed by atoms with van der Waals surface area (Å²) in [6.45, 7) is 0. The molecule has 132 valence electrons. The summed E-state index contributed by atoms with van der Waals surface area (Å²) >= 11 is 3.39. The lowest BCUT2D eigenvalue weighted by molar-refractivity contribution is 0.729. The molecular formula is C21H16N4S2. The standard InChI is InChI=1S/C21H16N4S2/c1-2-7-15(8-3-1)18-14-27-21(23-18)25-19(20-10-6-12-26-20)13-17(24-25)16-9-4-5-11-22-16/h1-14,19,24H. The predicted octanol–water partition coefficient (Wildman–Crippen LogP) is 5.37. The van der Waals surface area contributed by atoms with Gasteiger partial charge >= 0.3 is 0 Å². The van der Waals surface area contributed by atoms with Crippen LogP contribution in [0, 0.1) is 0 Å². The minimum absolute atomic E-state index is 0.0942. The van der Waals surface area contributed by atoms with Gasteiger partial charge in [0.05, 0.1) is 17.1 Å². The topological polar surface area (TPSA) is 41.1 Å². The molecule has 0 aliphatic carbocycles. The Balaban J connectivity index is 1.51. The number of nitrogens with zero attached hydrogens (tertiary/aromatic N) is 3. The van der Waals surface area contributed by atoms with Crippen LogP contribution in [0.15, 0.2) is 83.7 Å². The maximum atomic E-state index is 4.88. The van der Waals surface area contributed by atoms with E-state index in [1.54, 1.807) is 22.7 Å². The molecule has 0 spiro atoms. The zero-order valence-corrected chi connectivity index (χ0v) is 16.0. The van der Waals surface area contributed by atoms with Gasteiger partial charge in [-0.3, -0.25) is 10.4 Å². The molecule has 3 aromatic heterocycles. The minimum atomic E-state index is 0.0942. The summed E-state index contributed by atoms with van der Waals surface area (Å²) in [6.07, 6.45) is 4.04. The van der Waals surface area contributed by atoms with Crippen molar-refractivity contribution in [2.24, 2.45) is 0 Å². The van der Waals surface area contributed by atoms with E-state index in [4.69, 9.17) is 4.98 Å². The molecule has 4 aromatic rings. The number of hydrazine groups is 1. The first-order valence-corrected chi connectivity index (χ1v) is 10.4. The van der Waals surface area contributed by atoms with Crippen molar-refractivity contribution in [2.45, 2.75) is 6.04 Å². The molecular weight excluding hydrogens is 372 g/mol. The monoisotopic (exact) mass is 388 g/mol. The first kappa shape index (κ1) is 16.2. The van der Waals surface area contributed by atoms with Crippen molar-refractivity contribution in [3.8, 4) is 11.3 Å². The van der Waals surface area contributed by atoms with Crippen LogP contribution >= 0.6 is 22.7 Å². The fraction of sp³-hybridized carbons (Fsp3) is 0.0476. The highest BCUT2D eigenvalue weighted by Crippen LogP contribution is 2.38. The van der Waals surface area contributed by atoms with E-state index in [1.807, 2.05) is 42.6 Å². The second kappa shape index (κ2) is 6.98. The van der Waals surface area contributed by atoms with E-state index in [-0.39, 0.29) is 6.04 Å². The third-order valence-corrected chi connectivity index (χ3v) is 6.17. The minimum Gasteiger partial charge on any atom is -0.294 e. The Bertz CT molecular complexity index is 1060. The van der Waals surface area contributed by atoms with E-state index in [1.165, 1.54) is 4.88 Å². The number of pyridine rings is 1. The van der Waals surface area contributed by atoms with Gasteiger partial charge in [-0.2, -0.15) is 0 Å². The van der Waals surface area contributed by atoms with Crippen LogP contribution in [0.1, 0.15) is 16.6 Å². The van der Waals surface area contributed by atoms with E-state index in [2.05, 4.69) is 56.5 Å². The average Bonchev–Trinajstić information content (AvgIpc) is 3.48. The second-order valence-electron chi connectivity index (χ2n) is 6.12. The number of hydrogen-bond donors (Lipinski definition) is 1. The highest BCUT2D eigenvalue weighted by atomic mass is 32.1.